The zero-order valence-corrected chi connectivity index (χ0v) is 13.9. The Morgan fingerprint density at radius 1 is 1.37 bits per heavy atom. The number of hydrogen-bond donors (Lipinski definition) is 1. The zero-order chi connectivity index (χ0) is 13.8. The molecular weight excluding hydrogens is 320 g/mol. The van der Waals surface area contributed by atoms with Crippen LogP contribution in [0.3, 0.4) is 0 Å². The van der Waals surface area contributed by atoms with Gasteiger partial charge in [0, 0.05) is 34.4 Å². The lowest BCUT2D eigenvalue weighted by atomic mass is 10.1. The lowest BCUT2D eigenvalue weighted by Crippen LogP contribution is -2.24. The minimum atomic E-state index is 0.534. The predicted molar refractivity (Wildman–Crippen MR) is 86.8 cm³/mol. The molecule has 1 N–H and O–H groups in total. The third-order valence-corrected chi connectivity index (χ3v) is 4.32. The molecule has 4 heteroatoms. The first-order chi connectivity index (χ1) is 9.06. The molecule has 0 saturated heterocycles. The Kier molecular flexibility index (Phi) is 5.13. The molecule has 2 rings (SSSR count). The van der Waals surface area contributed by atoms with Gasteiger partial charge in [-0.1, -0.05) is 35.8 Å². The molecule has 0 fully saturated rings. The smallest absolute Gasteiger partial charge is 0.0945 e. The summed E-state index contributed by atoms with van der Waals surface area (Å²) in [4.78, 5) is 4.74. The molecule has 102 valence electrons. The van der Waals surface area contributed by atoms with Crippen molar-refractivity contribution < 1.29 is 0 Å². The average Bonchev–Trinajstić information content (AvgIpc) is 2.80. The predicted octanol–water partition coefficient (Wildman–Crippen LogP) is 4.42. The highest BCUT2D eigenvalue weighted by Gasteiger charge is 2.08. The van der Waals surface area contributed by atoms with Gasteiger partial charge in [0.25, 0.3) is 0 Å². The van der Waals surface area contributed by atoms with E-state index in [0.717, 1.165) is 23.1 Å². The van der Waals surface area contributed by atoms with Gasteiger partial charge in [0.05, 0.1) is 10.7 Å². The van der Waals surface area contributed by atoms with Gasteiger partial charge in [-0.25, -0.2) is 4.98 Å². The summed E-state index contributed by atoms with van der Waals surface area (Å²) >= 11 is 5.27. The van der Waals surface area contributed by atoms with Gasteiger partial charge in [-0.2, -0.15) is 0 Å². The first-order valence-electron chi connectivity index (χ1n) is 6.50. The average molecular weight is 339 g/mol. The normalized spacial score (nSPS) is 11.2. The standard InChI is InChI=1S/C15H19BrN2S/c1-10(2)17-7-6-15-18-14(9-19-15)13-8-12(16)5-4-11(13)3/h4-5,8-10,17H,6-7H2,1-3H3. The van der Waals surface area contributed by atoms with Gasteiger partial charge in [0.1, 0.15) is 0 Å². The van der Waals surface area contributed by atoms with Crippen LogP contribution in [0.5, 0.6) is 0 Å². The van der Waals surface area contributed by atoms with Gasteiger partial charge >= 0.3 is 0 Å². The third-order valence-electron chi connectivity index (χ3n) is 2.92. The van der Waals surface area contributed by atoms with Crippen molar-refractivity contribution in [2.45, 2.75) is 33.2 Å². The van der Waals surface area contributed by atoms with Gasteiger partial charge in [-0.05, 0) is 24.6 Å². The zero-order valence-electron chi connectivity index (χ0n) is 11.5. The fourth-order valence-corrected chi connectivity index (χ4v) is 3.05. The molecule has 0 radical (unpaired) electrons. The van der Waals surface area contributed by atoms with Gasteiger partial charge in [0.2, 0.25) is 0 Å². The maximum absolute atomic E-state index is 4.74. The molecule has 0 aliphatic rings. The minimum absolute atomic E-state index is 0.534. The molecule has 0 aliphatic heterocycles. The number of halogens is 1. The van der Waals surface area contributed by atoms with Crippen molar-refractivity contribution in [3.63, 3.8) is 0 Å². The van der Waals surface area contributed by atoms with E-state index in [9.17, 15) is 0 Å². The van der Waals surface area contributed by atoms with Crippen LogP contribution in [0.15, 0.2) is 28.1 Å². The molecule has 2 nitrogen and oxygen atoms in total. The van der Waals surface area contributed by atoms with Crippen LogP contribution in [-0.4, -0.2) is 17.6 Å². The summed E-state index contributed by atoms with van der Waals surface area (Å²) in [5, 5.41) is 6.77. The van der Waals surface area contributed by atoms with E-state index in [4.69, 9.17) is 4.98 Å². The quantitative estimate of drug-likeness (QED) is 0.872. The summed E-state index contributed by atoms with van der Waals surface area (Å²) in [6.07, 6.45) is 0.996. The van der Waals surface area contributed by atoms with Crippen LogP contribution >= 0.6 is 27.3 Å². The van der Waals surface area contributed by atoms with Gasteiger partial charge < -0.3 is 5.32 Å². The Bertz CT molecular complexity index is 549. The molecule has 0 aliphatic carbocycles. The number of hydrogen-bond acceptors (Lipinski definition) is 3. The van der Waals surface area contributed by atoms with Crippen molar-refractivity contribution in [2.24, 2.45) is 0 Å². The molecule has 1 aromatic heterocycles. The van der Waals surface area contributed by atoms with Gasteiger partial charge in [-0.3, -0.25) is 0 Å². The van der Waals surface area contributed by atoms with Gasteiger partial charge in [-0.15, -0.1) is 11.3 Å². The molecule has 1 aromatic carbocycles. The van der Waals surface area contributed by atoms with Crippen molar-refractivity contribution in [3.05, 3.63) is 38.6 Å². The molecule has 0 amide bonds. The van der Waals surface area contributed by atoms with E-state index < -0.39 is 0 Å². The summed E-state index contributed by atoms with van der Waals surface area (Å²) in [6, 6.07) is 6.87. The van der Waals surface area contributed by atoms with Crippen molar-refractivity contribution in [2.75, 3.05) is 6.54 Å². The number of aromatic nitrogens is 1. The number of aryl methyl sites for hydroxylation is 1. The van der Waals surface area contributed by atoms with Crippen LogP contribution < -0.4 is 5.32 Å². The van der Waals surface area contributed by atoms with Crippen molar-refractivity contribution >= 4 is 27.3 Å². The Balaban J connectivity index is 2.10. The number of benzene rings is 1. The first kappa shape index (κ1) is 14.7. The third kappa shape index (κ3) is 4.13. The van der Waals surface area contributed by atoms with E-state index in [0.29, 0.717) is 6.04 Å². The lowest BCUT2D eigenvalue weighted by Gasteiger charge is -2.05. The topological polar surface area (TPSA) is 24.9 Å². The SMILES string of the molecule is Cc1ccc(Br)cc1-c1csc(CCNC(C)C)n1. The molecule has 0 spiro atoms. The summed E-state index contributed by atoms with van der Waals surface area (Å²) in [5.41, 5.74) is 3.57. The molecule has 19 heavy (non-hydrogen) atoms. The second-order valence-electron chi connectivity index (χ2n) is 4.94. The molecule has 0 saturated carbocycles. The molecule has 0 unspecified atom stereocenters. The Morgan fingerprint density at radius 3 is 2.89 bits per heavy atom. The largest absolute Gasteiger partial charge is 0.314 e. The van der Waals surface area contributed by atoms with E-state index in [2.05, 4.69) is 65.6 Å². The highest BCUT2D eigenvalue weighted by Crippen LogP contribution is 2.28. The summed E-state index contributed by atoms with van der Waals surface area (Å²) in [6.45, 7) is 7.44. The number of nitrogens with zero attached hydrogens (tertiary/aromatic N) is 1. The summed E-state index contributed by atoms with van der Waals surface area (Å²) in [7, 11) is 0. The van der Waals surface area contributed by atoms with Crippen LogP contribution in [0.4, 0.5) is 0 Å². The lowest BCUT2D eigenvalue weighted by molar-refractivity contribution is 0.590. The minimum Gasteiger partial charge on any atom is -0.314 e. The van der Waals surface area contributed by atoms with Crippen LogP contribution in [0.1, 0.15) is 24.4 Å². The molecule has 2 aromatic rings. The van der Waals surface area contributed by atoms with Crippen molar-refractivity contribution in [3.8, 4) is 11.3 Å². The Labute approximate surface area is 127 Å². The summed E-state index contributed by atoms with van der Waals surface area (Å²) in [5.74, 6) is 0. The van der Waals surface area contributed by atoms with Crippen molar-refractivity contribution in [1.82, 2.24) is 10.3 Å². The maximum atomic E-state index is 4.74. The molecule has 0 atom stereocenters. The Hall–Kier alpha value is -0.710. The van der Waals surface area contributed by atoms with E-state index >= 15 is 0 Å². The molecular formula is C15H19BrN2S. The second-order valence-corrected chi connectivity index (χ2v) is 6.80. The second kappa shape index (κ2) is 6.64. The maximum Gasteiger partial charge on any atom is 0.0945 e. The van der Waals surface area contributed by atoms with Crippen LogP contribution in [0.2, 0.25) is 0 Å². The van der Waals surface area contributed by atoms with Crippen LogP contribution in [0, 0.1) is 6.92 Å². The van der Waals surface area contributed by atoms with E-state index in [1.165, 1.54) is 16.1 Å². The fourth-order valence-electron chi connectivity index (χ4n) is 1.89. The molecule has 1 heterocycles. The summed E-state index contributed by atoms with van der Waals surface area (Å²) < 4.78 is 1.10. The monoisotopic (exact) mass is 338 g/mol. The number of nitrogens with one attached hydrogen (secondary N) is 1. The van der Waals surface area contributed by atoms with Crippen molar-refractivity contribution in [1.29, 1.82) is 0 Å². The fraction of sp³-hybridized carbons (Fsp3) is 0.400. The molecule has 0 bridgehead atoms. The van der Waals surface area contributed by atoms with Gasteiger partial charge in [0.15, 0.2) is 0 Å². The van der Waals surface area contributed by atoms with E-state index in [1.807, 2.05) is 0 Å². The highest BCUT2D eigenvalue weighted by molar-refractivity contribution is 9.10. The number of rotatable bonds is 5. The first-order valence-corrected chi connectivity index (χ1v) is 8.18. The van der Waals surface area contributed by atoms with Crippen LogP contribution in [-0.2, 0) is 6.42 Å². The Morgan fingerprint density at radius 2 is 2.16 bits per heavy atom. The van der Waals surface area contributed by atoms with E-state index in [1.54, 1.807) is 11.3 Å². The number of thiazole rings is 1. The van der Waals surface area contributed by atoms with E-state index in [-0.39, 0.29) is 0 Å². The van der Waals surface area contributed by atoms with Crippen LogP contribution in [0.25, 0.3) is 11.3 Å². The highest BCUT2D eigenvalue weighted by atomic mass is 79.9.